The van der Waals surface area contributed by atoms with Gasteiger partial charge >= 0.3 is 6.03 Å². The molecule has 172 valence electrons. The summed E-state index contributed by atoms with van der Waals surface area (Å²) in [5.74, 6) is 3.20. The molecule has 3 heterocycles. The van der Waals surface area contributed by atoms with Gasteiger partial charge in [-0.15, -0.1) is 10.2 Å². The topological polar surface area (TPSA) is 99.0 Å². The van der Waals surface area contributed by atoms with E-state index < -0.39 is 0 Å². The summed E-state index contributed by atoms with van der Waals surface area (Å²) >= 11 is 0. The van der Waals surface area contributed by atoms with E-state index >= 15 is 0 Å². The van der Waals surface area contributed by atoms with Gasteiger partial charge in [0.1, 0.15) is 5.75 Å². The summed E-state index contributed by atoms with van der Waals surface area (Å²) in [6.45, 7) is 2.06. The summed E-state index contributed by atoms with van der Waals surface area (Å²) in [4.78, 5) is 14.5. The monoisotopic (exact) mass is 450 g/mol. The van der Waals surface area contributed by atoms with E-state index in [0.29, 0.717) is 42.9 Å². The van der Waals surface area contributed by atoms with E-state index in [-0.39, 0.29) is 18.7 Å². The van der Waals surface area contributed by atoms with Gasteiger partial charge < -0.3 is 28.8 Å². The molecular formula is C24H26N4O5. The smallest absolute Gasteiger partial charge is 0.317 e. The molecule has 9 nitrogen and oxygen atoms in total. The highest BCUT2D eigenvalue weighted by atomic mass is 16.7. The minimum Gasteiger partial charge on any atom is -0.497 e. The lowest BCUT2D eigenvalue weighted by Crippen LogP contribution is -2.45. The minimum absolute atomic E-state index is 0.0151. The average molecular weight is 450 g/mol. The quantitative estimate of drug-likeness (QED) is 0.613. The van der Waals surface area contributed by atoms with Crippen LogP contribution in [0.5, 0.6) is 17.2 Å². The van der Waals surface area contributed by atoms with Crippen LogP contribution in [0.3, 0.4) is 0 Å². The standard InChI is InChI=1S/C24H26N4O5/c1-30-19-7-4-16(5-8-19)10-11-25-24(29)28-12-2-3-18(14-28)23-27-26-22(33-23)17-6-9-20-21(13-17)32-15-31-20/h4-9,13,18H,2-3,10-12,14-15H2,1H3,(H,25,29). The maximum absolute atomic E-state index is 12.7. The Kier molecular flexibility index (Phi) is 6.01. The maximum Gasteiger partial charge on any atom is 0.317 e. The van der Waals surface area contributed by atoms with Crippen LogP contribution in [0.2, 0.25) is 0 Å². The number of carbonyl (C=O) groups excluding carboxylic acids is 1. The Morgan fingerprint density at radius 2 is 2.00 bits per heavy atom. The summed E-state index contributed by atoms with van der Waals surface area (Å²) < 4.78 is 21.9. The van der Waals surface area contributed by atoms with Crippen LogP contribution in [0.1, 0.15) is 30.2 Å². The molecule has 2 aliphatic heterocycles. The second-order valence-electron chi connectivity index (χ2n) is 8.13. The molecule has 3 aromatic rings. The molecule has 1 N–H and O–H groups in total. The van der Waals surface area contributed by atoms with Gasteiger partial charge in [-0.25, -0.2) is 4.79 Å². The number of aromatic nitrogens is 2. The molecule has 2 aromatic carbocycles. The zero-order valence-corrected chi connectivity index (χ0v) is 18.5. The van der Waals surface area contributed by atoms with Gasteiger partial charge in [-0.3, -0.25) is 0 Å². The van der Waals surface area contributed by atoms with Gasteiger partial charge in [-0.1, -0.05) is 12.1 Å². The molecule has 9 heteroatoms. The summed E-state index contributed by atoms with van der Waals surface area (Å²) in [6, 6.07) is 13.3. The summed E-state index contributed by atoms with van der Waals surface area (Å²) in [5.41, 5.74) is 1.93. The van der Waals surface area contributed by atoms with Crippen LogP contribution >= 0.6 is 0 Å². The number of benzene rings is 2. The van der Waals surface area contributed by atoms with Crippen molar-refractivity contribution in [3.05, 3.63) is 53.9 Å². The normalized spacial score (nSPS) is 17.1. The van der Waals surface area contributed by atoms with Gasteiger partial charge in [0.25, 0.3) is 0 Å². The molecule has 0 spiro atoms. The lowest BCUT2D eigenvalue weighted by molar-refractivity contribution is 0.173. The van der Waals surface area contributed by atoms with Gasteiger partial charge in [0.2, 0.25) is 18.6 Å². The number of ether oxygens (including phenoxy) is 3. The van der Waals surface area contributed by atoms with Crippen molar-refractivity contribution in [3.63, 3.8) is 0 Å². The highest BCUT2D eigenvalue weighted by Crippen LogP contribution is 2.36. The zero-order chi connectivity index (χ0) is 22.6. The van der Waals surface area contributed by atoms with E-state index in [4.69, 9.17) is 18.6 Å². The number of rotatable bonds is 6. The van der Waals surface area contributed by atoms with Crippen molar-refractivity contribution in [2.24, 2.45) is 0 Å². The number of nitrogens with zero attached hydrogens (tertiary/aromatic N) is 3. The second kappa shape index (κ2) is 9.40. The number of urea groups is 1. The molecule has 0 aliphatic carbocycles. The van der Waals surface area contributed by atoms with Crippen LogP contribution in [0.15, 0.2) is 46.9 Å². The van der Waals surface area contributed by atoms with Gasteiger partial charge in [0.15, 0.2) is 11.5 Å². The van der Waals surface area contributed by atoms with Crippen molar-refractivity contribution in [2.75, 3.05) is 33.5 Å². The fourth-order valence-corrected chi connectivity index (χ4v) is 4.13. The second-order valence-corrected chi connectivity index (χ2v) is 8.13. The molecule has 0 radical (unpaired) electrons. The minimum atomic E-state index is -0.0660. The van der Waals surface area contributed by atoms with Crippen LogP contribution in [0.25, 0.3) is 11.5 Å². The number of hydrogen-bond donors (Lipinski definition) is 1. The van der Waals surface area contributed by atoms with Crippen molar-refractivity contribution < 1.29 is 23.4 Å². The molecular weight excluding hydrogens is 424 g/mol. The number of nitrogens with one attached hydrogen (secondary N) is 1. The number of piperidine rings is 1. The third-order valence-electron chi connectivity index (χ3n) is 5.97. The molecule has 1 saturated heterocycles. The number of carbonyl (C=O) groups is 1. The fraction of sp³-hybridized carbons (Fsp3) is 0.375. The Labute approximate surface area is 191 Å². The van der Waals surface area contributed by atoms with Crippen LogP contribution in [-0.2, 0) is 6.42 Å². The lowest BCUT2D eigenvalue weighted by atomic mass is 9.98. The molecule has 1 unspecified atom stereocenters. The van der Waals surface area contributed by atoms with Crippen molar-refractivity contribution in [1.29, 1.82) is 0 Å². The van der Waals surface area contributed by atoms with E-state index in [9.17, 15) is 4.79 Å². The van der Waals surface area contributed by atoms with Gasteiger partial charge in [0, 0.05) is 25.2 Å². The summed E-state index contributed by atoms with van der Waals surface area (Å²) in [5, 5.41) is 11.5. The number of methoxy groups -OCH3 is 1. The van der Waals surface area contributed by atoms with E-state index in [1.54, 1.807) is 7.11 Å². The Morgan fingerprint density at radius 1 is 1.15 bits per heavy atom. The van der Waals surface area contributed by atoms with Crippen molar-refractivity contribution >= 4 is 6.03 Å². The number of fused-ring (bicyclic) bond motifs is 1. The molecule has 0 saturated carbocycles. The van der Waals surface area contributed by atoms with Crippen molar-refractivity contribution in [1.82, 2.24) is 20.4 Å². The zero-order valence-electron chi connectivity index (χ0n) is 18.5. The van der Waals surface area contributed by atoms with Crippen LogP contribution in [-0.4, -0.2) is 54.7 Å². The van der Waals surface area contributed by atoms with E-state index in [0.717, 1.165) is 36.1 Å². The lowest BCUT2D eigenvalue weighted by Gasteiger charge is -2.31. The largest absolute Gasteiger partial charge is 0.497 e. The Hall–Kier alpha value is -3.75. The predicted molar refractivity (Wildman–Crippen MR) is 120 cm³/mol. The van der Waals surface area contributed by atoms with Gasteiger partial charge in [0.05, 0.1) is 13.0 Å². The van der Waals surface area contributed by atoms with Crippen molar-refractivity contribution in [3.8, 4) is 28.7 Å². The molecule has 2 aliphatic rings. The fourth-order valence-electron chi connectivity index (χ4n) is 4.13. The first-order valence-corrected chi connectivity index (χ1v) is 11.1. The molecule has 33 heavy (non-hydrogen) atoms. The van der Waals surface area contributed by atoms with Crippen LogP contribution < -0.4 is 19.5 Å². The Morgan fingerprint density at radius 3 is 2.85 bits per heavy atom. The van der Waals surface area contributed by atoms with E-state index in [1.807, 2.05) is 47.4 Å². The molecule has 2 amide bonds. The molecule has 1 fully saturated rings. The summed E-state index contributed by atoms with van der Waals surface area (Å²) in [6.07, 6.45) is 2.55. The van der Waals surface area contributed by atoms with Gasteiger partial charge in [-0.05, 0) is 55.2 Å². The van der Waals surface area contributed by atoms with Crippen LogP contribution in [0.4, 0.5) is 4.79 Å². The highest BCUT2D eigenvalue weighted by Gasteiger charge is 2.28. The third kappa shape index (κ3) is 4.72. The number of hydrogen-bond acceptors (Lipinski definition) is 7. The third-order valence-corrected chi connectivity index (χ3v) is 5.97. The summed E-state index contributed by atoms with van der Waals surface area (Å²) in [7, 11) is 1.65. The SMILES string of the molecule is COc1ccc(CCNC(=O)N2CCCC(c3nnc(-c4ccc5c(c4)OCO5)o3)C2)cc1. The Balaban J connectivity index is 1.16. The number of likely N-dealkylation sites (tertiary alicyclic amines) is 1. The first kappa shape index (κ1) is 21.1. The molecule has 1 aromatic heterocycles. The number of amides is 2. The Bertz CT molecular complexity index is 1110. The maximum atomic E-state index is 12.7. The van der Waals surface area contributed by atoms with Crippen LogP contribution in [0, 0.1) is 0 Å². The predicted octanol–water partition coefficient (Wildman–Crippen LogP) is 3.61. The first-order chi connectivity index (χ1) is 16.2. The highest BCUT2D eigenvalue weighted by molar-refractivity contribution is 5.74. The van der Waals surface area contributed by atoms with E-state index in [2.05, 4.69) is 15.5 Å². The molecule has 5 rings (SSSR count). The van der Waals surface area contributed by atoms with Crippen molar-refractivity contribution in [2.45, 2.75) is 25.2 Å². The van der Waals surface area contributed by atoms with E-state index in [1.165, 1.54) is 0 Å². The molecule has 0 bridgehead atoms. The van der Waals surface area contributed by atoms with Gasteiger partial charge in [-0.2, -0.15) is 0 Å². The first-order valence-electron chi connectivity index (χ1n) is 11.1. The molecule has 1 atom stereocenters. The average Bonchev–Trinajstić information content (AvgIpc) is 3.54.